The van der Waals surface area contributed by atoms with Gasteiger partial charge in [-0.1, -0.05) is 26.0 Å². The summed E-state index contributed by atoms with van der Waals surface area (Å²) < 4.78 is 0. The van der Waals surface area contributed by atoms with Crippen molar-refractivity contribution in [2.45, 2.75) is 64.5 Å². The van der Waals surface area contributed by atoms with Gasteiger partial charge in [0.15, 0.2) is 0 Å². The van der Waals surface area contributed by atoms with E-state index in [9.17, 15) is 14.4 Å². The Bertz CT molecular complexity index is 840. The van der Waals surface area contributed by atoms with Crippen molar-refractivity contribution in [1.29, 1.82) is 0 Å². The second-order valence-electron chi connectivity index (χ2n) is 9.16. The molecule has 2 saturated heterocycles. The largest absolute Gasteiger partial charge is 0.339 e. The third kappa shape index (κ3) is 3.92. The average Bonchev–Trinajstić information content (AvgIpc) is 3.47. The summed E-state index contributed by atoms with van der Waals surface area (Å²) in [7, 11) is 0. The van der Waals surface area contributed by atoms with Crippen molar-refractivity contribution in [3.63, 3.8) is 0 Å². The van der Waals surface area contributed by atoms with Crippen molar-refractivity contribution in [1.82, 2.24) is 15.1 Å². The third-order valence-corrected chi connectivity index (χ3v) is 7.48. The van der Waals surface area contributed by atoms with Gasteiger partial charge < -0.3 is 10.2 Å². The van der Waals surface area contributed by atoms with E-state index in [1.165, 1.54) is 4.90 Å². The molecule has 0 saturated carbocycles. The topological polar surface area (TPSA) is 69.7 Å². The van der Waals surface area contributed by atoms with E-state index in [1.54, 1.807) is 11.3 Å². The Balaban J connectivity index is 1.49. The van der Waals surface area contributed by atoms with Crippen LogP contribution in [-0.2, 0) is 16.1 Å². The van der Waals surface area contributed by atoms with Crippen LogP contribution in [0.15, 0.2) is 29.2 Å². The van der Waals surface area contributed by atoms with Crippen LogP contribution in [0.1, 0.15) is 57.2 Å². The number of rotatable bonds is 6. The summed E-state index contributed by atoms with van der Waals surface area (Å²) in [5.74, 6) is 0.383. The zero-order valence-corrected chi connectivity index (χ0v) is 18.7. The van der Waals surface area contributed by atoms with Gasteiger partial charge in [-0.25, -0.2) is 4.79 Å². The van der Waals surface area contributed by atoms with Gasteiger partial charge in [0.25, 0.3) is 5.91 Å². The molecule has 4 rings (SSSR count). The standard InChI is InChI=1S/C23H31N3O3S/c1-16(2)14-23(21(28)26(22(29)24-23)15-19-8-5-13-30-19)18-9-11-25(12-10-18)20(27)17-6-3-4-7-17/h5-6,8,13,16,18H,3-4,7,9-12,14-15H2,1-2H3,(H,24,29). The van der Waals surface area contributed by atoms with Gasteiger partial charge in [-0.3, -0.25) is 14.5 Å². The van der Waals surface area contributed by atoms with Crippen LogP contribution in [0.25, 0.3) is 0 Å². The van der Waals surface area contributed by atoms with Crippen LogP contribution in [0.2, 0.25) is 0 Å². The zero-order chi connectivity index (χ0) is 21.3. The maximum absolute atomic E-state index is 13.6. The van der Waals surface area contributed by atoms with Crippen LogP contribution in [0.3, 0.4) is 0 Å². The fourth-order valence-corrected chi connectivity index (χ4v) is 5.91. The Morgan fingerprint density at radius 3 is 2.67 bits per heavy atom. The van der Waals surface area contributed by atoms with Crippen molar-refractivity contribution >= 4 is 29.2 Å². The Hall–Kier alpha value is -2.15. The number of imide groups is 1. The third-order valence-electron chi connectivity index (χ3n) is 6.62. The quantitative estimate of drug-likeness (QED) is 0.697. The summed E-state index contributed by atoms with van der Waals surface area (Å²) in [5.41, 5.74) is 0.0855. The number of urea groups is 1. The summed E-state index contributed by atoms with van der Waals surface area (Å²) in [6, 6.07) is 3.60. The lowest BCUT2D eigenvalue weighted by Gasteiger charge is -2.41. The van der Waals surface area contributed by atoms with Gasteiger partial charge in [-0.05, 0) is 61.8 Å². The highest BCUT2D eigenvalue weighted by Crippen LogP contribution is 2.39. The minimum absolute atomic E-state index is 0.0475. The fourth-order valence-electron chi connectivity index (χ4n) is 5.22. The lowest BCUT2D eigenvalue weighted by molar-refractivity contribution is -0.136. The predicted molar refractivity (Wildman–Crippen MR) is 117 cm³/mol. The highest BCUT2D eigenvalue weighted by molar-refractivity contribution is 7.09. The fraction of sp³-hybridized carbons (Fsp3) is 0.609. The number of hydrogen-bond acceptors (Lipinski definition) is 4. The first-order valence-electron chi connectivity index (χ1n) is 11.1. The van der Waals surface area contributed by atoms with Crippen LogP contribution in [-0.4, -0.2) is 46.3 Å². The van der Waals surface area contributed by atoms with Gasteiger partial charge in [0, 0.05) is 23.5 Å². The Labute approximate surface area is 182 Å². The molecule has 2 aliphatic heterocycles. The highest BCUT2D eigenvalue weighted by atomic mass is 32.1. The number of piperidine rings is 1. The molecule has 4 amide bonds. The molecule has 7 heteroatoms. The molecule has 162 valence electrons. The molecule has 0 bridgehead atoms. The van der Waals surface area contributed by atoms with Crippen molar-refractivity contribution in [2.75, 3.05) is 13.1 Å². The SMILES string of the molecule is CC(C)CC1(C2CCN(C(=O)C3=CCCC3)CC2)NC(=O)N(Cc2cccs2)C1=O. The molecule has 0 radical (unpaired) electrons. The average molecular weight is 430 g/mol. The van der Waals surface area contributed by atoms with Crippen LogP contribution < -0.4 is 5.32 Å². The normalized spacial score (nSPS) is 25.2. The van der Waals surface area contributed by atoms with Crippen LogP contribution in [0, 0.1) is 11.8 Å². The van der Waals surface area contributed by atoms with Gasteiger partial charge >= 0.3 is 6.03 Å². The Kier molecular flexibility index (Phi) is 6.00. The van der Waals surface area contributed by atoms with Crippen LogP contribution >= 0.6 is 11.3 Å². The number of hydrogen-bond donors (Lipinski definition) is 1. The zero-order valence-electron chi connectivity index (χ0n) is 17.9. The molecule has 0 aromatic carbocycles. The van der Waals surface area contributed by atoms with Crippen molar-refractivity contribution in [3.8, 4) is 0 Å². The first-order chi connectivity index (χ1) is 14.4. The van der Waals surface area contributed by atoms with Crippen molar-refractivity contribution < 1.29 is 14.4 Å². The number of nitrogens with one attached hydrogen (secondary N) is 1. The minimum atomic E-state index is -0.857. The van der Waals surface area contributed by atoms with E-state index < -0.39 is 5.54 Å². The van der Waals surface area contributed by atoms with Gasteiger partial charge in [0.2, 0.25) is 5.91 Å². The molecule has 1 unspecified atom stereocenters. The van der Waals surface area contributed by atoms with E-state index in [0.29, 0.717) is 26.1 Å². The number of allylic oxidation sites excluding steroid dienone is 1. The molecular formula is C23H31N3O3S. The van der Waals surface area contributed by atoms with E-state index >= 15 is 0 Å². The molecule has 30 heavy (non-hydrogen) atoms. The molecule has 1 aromatic heterocycles. The summed E-state index contributed by atoms with van der Waals surface area (Å²) >= 11 is 1.56. The molecule has 1 aromatic rings. The van der Waals surface area contributed by atoms with Crippen LogP contribution in [0.5, 0.6) is 0 Å². The molecule has 0 spiro atoms. The van der Waals surface area contributed by atoms with E-state index in [-0.39, 0.29) is 29.7 Å². The molecular weight excluding hydrogens is 398 g/mol. The first kappa shape index (κ1) is 21.1. The first-order valence-corrected chi connectivity index (χ1v) is 11.9. The smallest absolute Gasteiger partial charge is 0.325 e. The van der Waals surface area contributed by atoms with Crippen molar-refractivity contribution in [3.05, 3.63) is 34.0 Å². The monoisotopic (exact) mass is 429 g/mol. The molecule has 1 N–H and O–H groups in total. The van der Waals surface area contributed by atoms with Crippen molar-refractivity contribution in [2.24, 2.45) is 11.8 Å². The predicted octanol–water partition coefficient (Wildman–Crippen LogP) is 3.93. The second-order valence-corrected chi connectivity index (χ2v) is 10.2. The van der Waals surface area contributed by atoms with Gasteiger partial charge in [0.05, 0.1) is 6.54 Å². The molecule has 3 heterocycles. The lowest BCUT2D eigenvalue weighted by Crippen LogP contribution is -2.57. The van der Waals surface area contributed by atoms with Crippen LogP contribution in [0.4, 0.5) is 4.79 Å². The maximum atomic E-state index is 13.6. The summed E-state index contributed by atoms with van der Waals surface area (Å²) in [6.07, 6.45) is 7.11. The summed E-state index contributed by atoms with van der Waals surface area (Å²) in [5, 5.41) is 5.07. The minimum Gasteiger partial charge on any atom is -0.339 e. The molecule has 3 aliphatic rings. The van der Waals surface area contributed by atoms with Gasteiger partial charge in [0.1, 0.15) is 5.54 Å². The lowest BCUT2D eigenvalue weighted by atomic mass is 9.73. The maximum Gasteiger partial charge on any atom is 0.325 e. The Morgan fingerprint density at radius 1 is 1.30 bits per heavy atom. The van der Waals surface area contributed by atoms with Gasteiger partial charge in [-0.15, -0.1) is 11.3 Å². The number of amides is 4. The number of thiophene rings is 1. The van der Waals surface area contributed by atoms with E-state index in [1.807, 2.05) is 22.4 Å². The molecule has 2 fully saturated rings. The van der Waals surface area contributed by atoms with Gasteiger partial charge in [-0.2, -0.15) is 0 Å². The molecule has 1 atom stereocenters. The Morgan fingerprint density at radius 2 is 2.07 bits per heavy atom. The highest BCUT2D eigenvalue weighted by Gasteiger charge is 2.56. The second kappa shape index (κ2) is 8.53. The number of nitrogens with zero attached hydrogens (tertiary/aromatic N) is 2. The van der Waals surface area contributed by atoms with E-state index in [2.05, 4.69) is 25.2 Å². The van der Waals surface area contributed by atoms with E-state index in [0.717, 1.165) is 42.6 Å². The van der Waals surface area contributed by atoms with E-state index in [4.69, 9.17) is 0 Å². The number of carbonyl (C=O) groups excluding carboxylic acids is 3. The number of carbonyl (C=O) groups is 3. The molecule has 1 aliphatic carbocycles. The molecule has 6 nitrogen and oxygen atoms in total. The summed E-state index contributed by atoms with van der Waals surface area (Å²) in [6.45, 7) is 5.81. The summed E-state index contributed by atoms with van der Waals surface area (Å²) in [4.78, 5) is 43.5. The number of likely N-dealkylation sites (tertiary alicyclic amines) is 1.